The second kappa shape index (κ2) is 2.75. The van der Waals surface area contributed by atoms with E-state index in [1.54, 1.807) is 6.07 Å². The molecule has 3 heteroatoms. The molecule has 2 nitrogen and oxygen atoms in total. The van der Waals surface area contributed by atoms with E-state index in [0.717, 1.165) is 16.0 Å². The van der Waals surface area contributed by atoms with Gasteiger partial charge in [-0.25, -0.2) is 0 Å². The first kappa shape index (κ1) is 6.45. The Labute approximate surface area is 57.3 Å². The SMILES string of the molecule is NCc1ccc(C=O)s1. The Morgan fingerprint density at radius 3 is 2.78 bits per heavy atom. The summed E-state index contributed by atoms with van der Waals surface area (Å²) in [4.78, 5) is 11.9. The van der Waals surface area contributed by atoms with Gasteiger partial charge in [-0.2, -0.15) is 0 Å². The van der Waals surface area contributed by atoms with Gasteiger partial charge < -0.3 is 5.73 Å². The Kier molecular flexibility index (Phi) is 1.97. The molecule has 0 fully saturated rings. The van der Waals surface area contributed by atoms with E-state index in [4.69, 9.17) is 5.73 Å². The maximum Gasteiger partial charge on any atom is 0.160 e. The van der Waals surface area contributed by atoms with Gasteiger partial charge in [-0.15, -0.1) is 11.3 Å². The van der Waals surface area contributed by atoms with Gasteiger partial charge >= 0.3 is 0 Å². The summed E-state index contributed by atoms with van der Waals surface area (Å²) in [6.45, 7) is 0.526. The molecule has 0 aliphatic rings. The van der Waals surface area contributed by atoms with Gasteiger partial charge in [0.2, 0.25) is 0 Å². The maximum absolute atomic E-state index is 10.1. The van der Waals surface area contributed by atoms with E-state index in [1.807, 2.05) is 6.07 Å². The second-order valence-corrected chi connectivity index (χ2v) is 2.83. The first-order chi connectivity index (χ1) is 4.36. The molecule has 0 radical (unpaired) electrons. The van der Waals surface area contributed by atoms with Gasteiger partial charge in [0.1, 0.15) is 0 Å². The topological polar surface area (TPSA) is 43.1 Å². The first-order valence-corrected chi connectivity index (χ1v) is 3.42. The first-order valence-electron chi connectivity index (χ1n) is 2.61. The number of rotatable bonds is 2. The van der Waals surface area contributed by atoms with E-state index in [9.17, 15) is 4.79 Å². The molecule has 0 spiro atoms. The molecule has 0 unspecified atom stereocenters. The molecule has 1 aromatic rings. The highest BCUT2D eigenvalue weighted by Gasteiger charge is 1.93. The fraction of sp³-hybridized carbons (Fsp3) is 0.167. The highest BCUT2D eigenvalue weighted by Crippen LogP contribution is 2.12. The summed E-state index contributed by atoms with van der Waals surface area (Å²) >= 11 is 1.44. The Morgan fingerprint density at radius 1 is 1.67 bits per heavy atom. The summed E-state index contributed by atoms with van der Waals surface area (Å²) in [6, 6.07) is 3.65. The minimum absolute atomic E-state index is 0.526. The summed E-state index contributed by atoms with van der Waals surface area (Å²) in [7, 11) is 0. The van der Waals surface area contributed by atoms with Gasteiger partial charge in [0.15, 0.2) is 6.29 Å². The molecule has 0 atom stereocenters. The van der Waals surface area contributed by atoms with Crippen LogP contribution < -0.4 is 5.73 Å². The van der Waals surface area contributed by atoms with Crippen LogP contribution in [0.15, 0.2) is 12.1 Å². The normalized spacial score (nSPS) is 9.44. The predicted molar refractivity (Wildman–Crippen MR) is 37.6 cm³/mol. The number of thiophene rings is 1. The molecule has 0 saturated heterocycles. The zero-order chi connectivity index (χ0) is 6.69. The highest BCUT2D eigenvalue weighted by molar-refractivity contribution is 7.13. The van der Waals surface area contributed by atoms with Crippen molar-refractivity contribution in [2.24, 2.45) is 5.73 Å². The molecule has 0 saturated carbocycles. The summed E-state index contributed by atoms with van der Waals surface area (Å²) in [5.74, 6) is 0. The molecule has 0 aliphatic carbocycles. The van der Waals surface area contributed by atoms with Crippen molar-refractivity contribution in [3.05, 3.63) is 21.9 Å². The molecule has 0 amide bonds. The van der Waals surface area contributed by atoms with E-state index < -0.39 is 0 Å². The average molecular weight is 141 g/mol. The number of hydrogen-bond donors (Lipinski definition) is 1. The van der Waals surface area contributed by atoms with Crippen LogP contribution in [0.5, 0.6) is 0 Å². The monoisotopic (exact) mass is 141 g/mol. The van der Waals surface area contributed by atoms with Crippen molar-refractivity contribution in [1.29, 1.82) is 0 Å². The van der Waals surface area contributed by atoms with Gasteiger partial charge in [0.25, 0.3) is 0 Å². The minimum Gasteiger partial charge on any atom is -0.326 e. The molecule has 0 aromatic carbocycles. The van der Waals surface area contributed by atoms with Gasteiger partial charge in [0.05, 0.1) is 4.88 Å². The number of nitrogens with two attached hydrogens (primary N) is 1. The maximum atomic E-state index is 10.1. The molecule has 48 valence electrons. The Morgan fingerprint density at radius 2 is 2.44 bits per heavy atom. The summed E-state index contributed by atoms with van der Waals surface area (Å²) in [6.07, 6.45) is 0.837. The Hall–Kier alpha value is -0.670. The van der Waals surface area contributed by atoms with Crippen molar-refractivity contribution >= 4 is 17.6 Å². The van der Waals surface area contributed by atoms with Crippen LogP contribution in [0.1, 0.15) is 14.5 Å². The fourth-order valence-electron chi connectivity index (χ4n) is 0.568. The van der Waals surface area contributed by atoms with Crippen molar-refractivity contribution in [3.8, 4) is 0 Å². The summed E-state index contributed by atoms with van der Waals surface area (Å²) < 4.78 is 0. The summed E-state index contributed by atoms with van der Waals surface area (Å²) in [5.41, 5.74) is 5.31. The lowest BCUT2D eigenvalue weighted by Crippen LogP contribution is -1.91. The number of hydrogen-bond acceptors (Lipinski definition) is 3. The van der Waals surface area contributed by atoms with Crippen LogP contribution in [0, 0.1) is 0 Å². The molecule has 9 heavy (non-hydrogen) atoms. The van der Waals surface area contributed by atoms with Crippen molar-refractivity contribution in [2.45, 2.75) is 6.54 Å². The zero-order valence-corrected chi connectivity index (χ0v) is 5.65. The molecule has 0 bridgehead atoms. The van der Waals surface area contributed by atoms with Crippen molar-refractivity contribution < 1.29 is 4.79 Å². The van der Waals surface area contributed by atoms with Gasteiger partial charge in [-0.05, 0) is 12.1 Å². The molecule has 1 aromatic heterocycles. The third-order valence-electron chi connectivity index (χ3n) is 1.000. The molecule has 0 aliphatic heterocycles. The van der Waals surface area contributed by atoms with E-state index in [-0.39, 0.29) is 0 Å². The van der Waals surface area contributed by atoms with Crippen molar-refractivity contribution in [2.75, 3.05) is 0 Å². The zero-order valence-electron chi connectivity index (χ0n) is 4.83. The Balaban J connectivity index is 2.86. The molecule has 2 N–H and O–H groups in total. The van der Waals surface area contributed by atoms with Crippen LogP contribution >= 0.6 is 11.3 Å². The van der Waals surface area contributed by atoms with E-state index >= 15 is 0 Å². The van der Waals surface area contributed by atoms with Gasteiger partial charge in [0, 0.05) is 11.4 Å². The van der Waals surface area contributed by atoms with E-state index in [2.05, 4.69) is 0 Å². The third-order valence-corrected chi connectivity index (χ3v) is 2.03. The number of carbonyl (C=O) groups is 1. The largest absolute Gasteiger partial charge is 0.326 e. The van der Waals surface area contributed by atoms with E-state index in [1.165, 1.54) is 11.3 Å². The highest BCUT2D eigenvalue weighted by atomic mass is 32.1. The van der Waals surface area contributed by atoms with Crippen LogP contribution in [-0.2, 0) is 6.54 Å². The van der Waals surface area contributed by atoms with Crippen LogP contribution in [-0.4, -0.2) is 6.29 Å². The Bertz CT molecular complexity index is 207. The quantitative estimate of drug-likeness (QED) is 0.625. The van der Waals surface area contributed by atoms with E-state index in [0.29, 0.717) is 6.54 Å². The van der Waals surface area contributed by atoms with Crippen LogP contribution in [0.4, 0.5) is 0 Å². The smallest absolute Gasteiger partial charge is 0.160 e. The standard InChI is InChI=1S/C6H7NOS/c7-3-5-1-2-6(4-8)9-5/h1-2,4H,3,7H2. The van der Waals surface area contributed by atoms with Crippen LogP contribution in [0.25, 0.3) is 0 Å². The van der Waals surface area contributed by atoms with Crippen molar-refractivity contribution in [3.63, 3.8) is 0 Å². The van der Waals surface area contributed by atoms with Crippen LogP contribution in [0.3, 0.4) is 0 Å². The molecular weight excluding hydrogens is 134 g/mol. The second-order valence-electron chi connectivity index (χ2n) is 1.63. The lowest BCUT2D eigenvalue weighted by molar-refractivity contribution is 0.112. The molecule has 1 heterocycles. The van der Waals surface area contributed by atoms with Crippen LogP contribution in [0.2, 0.25) is 0 Å². The minimum atomic E-state index is 0.526. The molecule has 1 rings (SSSR count). The van der Waals surface area contributed by atoms with Gasteiger partial charge in [-0.3, -0.25) is 4.79 Å². The number of carbonyl (C=O) groups excluding carboxylic acids is 1. The summed E-state index contributed by atoms with van der Waals surface area (Å²) in [5, 5.41) is 0. The average Bonchev–Trinajstić information content (AvgIpc) is 2.34. The van der Waals surface area contributed by atoms with Crippen molar-refractivity contribution in [1.82, 2.24) is 0 Å². The predicted octanol–water partition coefficient (Wildman–Crippen LogP) is 1.02. The third kappa shape index (κ3) is 1.37. The lowest BCUT2D eigenvalue weighted by atomic mass is 10.4. The fourth-order valence-corrected chi connectivity index (χ4v) is 1.27. The van der Waals surface area contributed by atoms with Gasteiger partial charge in [-0.1, -0.05) is 0 Å². The molecular formula is C6H7NOS. The number of aldehydes is 1. The lowest BCUT2D eigenvalue weighted by Gasteiger charge is -1.81.